The van der Waals surface area contributed by atoms with Crippen LogP contribution in [-0.2, 0) is 0 Å². The minimum absolute atomic E-state index is 0.429. The predicted octanol–water partition coefficient (Wildman–Crippen LogP) is 2.62. The van der Waals surface area contributed by atoms with Crippen molar-refractivity contribution in [1.82, 2.24) is 10.9 Å². The second-order valence-corrected chi connectivity index (χ2v) is 4.88. The summed E-state index contributed by atoms with van der Waals surface area (Å²) in [6, 6.07) is 9.47. The van der Waals surface area contributed by atoms with Gasteiger partial charge >= 0.3 is 0 Å². The van der Waals surface area contributed by atoms with Crippen molar-refractivity contribution >= 4 is 15.9 Å². The van der Waals surface area contributed by atoms with Gasteiger partial charge in [0.2, 0.25) is 0 Å². The van der Waals surface area contributed by atoms with Crippen molar-refractivity contribution in [2.45, 2.75) is 25.9 Å². The van der Waals surface area contributed by atoms with E-state index < -0.39 is 0 Å². The first-order valence-corrected chi connectivity index (χ1v) is 5.74. The molecule has 0 aliphatic carbocycles. The van der Waals surface area contributed by atoms with Gasteiger partial charge in [-0.1, -0.05) is 35.0 Å². The first kappa shape index (κ1) is 10.1. The van der Waals surface area contributed by atoms with Crippen LogP contribution in [0.25, 0.3) is 0 Å². The van der Waals surface area contributed by atoms with E-state index in [1.54, 1.807) is 0 Å². The summed E-state index contributed by atoms with van der Waals surface area (Å²) in [6.45, 7) is 4.47. The molecule has 2 N–H and O–H groups in total. The third-order valence-electron chi connectivity index (χ3n) is 3.01. The molecule has 3 heteroatoms. The Hall–Kier alpha value is -0.380. The van der Waals surface area contributed by atoms with Crippen molar-refractivity contribution in [2.24, 2.45) is 5.92 Å². The number of hydrazine groups is 1. The first-order valence-electron chi connectivity index (χ1n) is 4.95. The maximum Gasteiger partial charge on any atom is 0.0503 e. The van der Waals surface area contributed by atoms with Crippen molar-refractivity contribution in [1.29, 1.82) is 0 Å². The Morgan fingerprint density at radius 2 is 1.71 bits per heavy atom. The number of halogens is 1. The fourth-order valence-corrected chi connectivity index (χ4v) is 2.09. The summed E-state index contributed by atoms with van der Waals surface area (Å²) in [6.07, 6.45) is 0. The van der Waals surface area contributed by atoms with E-state index >= 15 is 0 Å². The van der Waals surface area contributed by atoms with Crippen molar-refractivity contribution in [2.75, 3.05) is 0 Å². The maximum atomic E-state index is 3.44. The highest BCUT2D eigenvalue weighted by atomic mass is 79.9. The zero-order valence-electron chi connectivity index (χ0n) is 8.42. The number of benzene rings is 1. The number of hydrogen-bond acceptors (Lipinski definition) is 2. The molecule has 0 radical (unpaired) electrons. The normalized spacial score (nSPS) is 32.1. The molecule has 3 unspecified atom stereocenters. The lowest BCUT2D eigenvalue weighted by Crippen LogP contribution is -2.29. The predicted molar refractivity (Wildman–Crippen MR) is 61.8 cm³/mol. The van der Waals surface area contributed by atoms with Crippen LogP contribution in [0.15, 0.2) is 28.7 Å². The van der Waals surface area contributed by atoms with Crippen molar-refractivity contribution in [3.63, 3.8) is 0 Å². The third kappa shape index (κ3) is 1.85. The fourth-order valence-electron chi connectivity index (χ4n) is 1.83. The molecule has 2 rings (SSSR count). The Morgan fingerprint density at radius 1 is 1.07 bits per heavy atom. The lowest BCUT2D eigenvalue weighted by molar-refractivity contribution is 0.475. The van der Waals surface area contributed by atoms with Gasteiger partial charge in [-0.2, -0.15) is 0 Å². The third-order valence-corrected chi connectivity index (χ3v) is 3.54. The van der Waals surface area contributed by atoms with E-state index in [0.29, 0.717) is 18.0 Å². The van der Waals surface area contributed by atoms with Crippen LogP contribution in [0.3, 0.4) is 0 Å². The van der Waals surface area contributed by atoms with Gasteiger partial charge in [0.15, 0.2) is 0 Å². The van der Waals surface area contributed by atoms with Gasteiger partial charge in [-0.25, -0.2) is 5.43 Å². The molecule has 0 bridgehead atoms. The minimum atomic E-state index is 0.429. The van der Waals surface area contributed by atoms with Gasteiger partial charge in [-0.3, -0.25) is 5.43 Å². The average Bonchev–Trinajstić information content (AvgIpc) is 2.50. The average molecular weight is 255 g/mol. The molecule has 1 heterocycles. The van der Waals surface area contributed by atoms with Crippen molar-refractivity contribution in [3.05, 3.63) is 34.3 Å². The van der Waals surface area contributed by atoms with Gasteiger partial charge in [0.1, 0.15) is 0 Å². The molecule has 0 amide bonds. The topological polar surface area (TPSA) is 24.1 Å². The standard InChI is InChI=1S/C11H15BrN2/c1-7-8(2)13-14-11(7)9-3-5-10(12)6-4-9/h3-8,11,13-14H,1-2H3. The molecule has 1 saturated heterocycles. The van der Waals surface area contributed by atoms with Gasteiger partial charge in [0, 0.05) is 10.5 Å². The highest BCUT2D eigenvalue weighted by Crippen LogP contribution is 2.28. The van der Waals surface area contributed by atoms with Crippen LogP contribution in [0.4, 0.5) is 0 Å². The molecule has 0 saturated carbocycles. The van der Waals surface area contributed by atoms with Crippen LogP contribution in [-0.4, -0.2) is 6.04 Å². The van der Waals surface area contributed by atoms with Crippen molar-refractivity contribution < 1.29 is 0 Å². The summed E-state index contributed by atoms with van der Waals surface area (Å²) < 4.78 is 1.13. The molecule has 14 heavy (non-hydrogen) atoms. The molecular formula is C11H15BrN2. The molecule has 1 aliphatic rings. The van der Waals surface area contributed by atoms with Crippen LogP contribution in [0.2, 0.25) is 0 Å². The molecule has 1 aromatic rings. The summed E-state index contributed by atoms with van der Waals surface area (Å²) in [5.41, 5.74) is 7.94. The van der Waals surface area contributed by atoms with Crippen LogP contribution >= 0.6 is 15.9 Å². The number of hydrogen-bond donors (Lipinski definition) is 2. The number of nitrogens with one attached hydrogen (secondary N) is 2. The molecule has 3 atom stereocenters. The Labute approximate surface area is 93.2 Å². The summed E-state index contributed by atoms with van der Waals surface area (Å²) in [7, 11) is 0. The molecule has 1 aromatic carbocycles. The fraction of sp³-hybridized carbons (Fsp3) is 0.455. The van der Waals surface area contributed by atoms with Crippen LogP contribution in [0.5, 0.6) is 0 Å². The highest BCUT2D eigenvalue weighted by molar-refractivity contribution is 9.10. The van der Waals surface area contributed by atoms with E-state index in [1.807, 2.05) is 0 Å². The van der Waals surface area contributed by atoms with Crippen molar-refractivity contribution in [3.8, 4) is 0 Å². The van der Waals surface area contributed by atoms with E-state index in [2.05, 4.69) is 64.9 Å². The lowest BCUT2D eigenvalue weighted by Gasteiger charge is -2.16. The number of rotatable bonds is 1. The van der Waals surface area contributed by atoms with Crippen LogP contribution in [0, 0.1) is 5.92 Å². The highest BCUT2D eigenvalue weighted by Gasteiger charge is 2.29. The Morgan fingerprint density at radius 3 is 2.21 bits per heavy atom. The smallest absolute Gasteiger partial charge is 0.0503 e. The van der Waals surface area contributed by atoms with Crippen LogP contribution < -0.4 is 10.9 Å². The van der Waals surface area contributed by atoms with Gasteiger partial charge in [0.05, 0.1) is 6.04 Å². The second kappa shape index (κ2) is 4.01. The van der Waals surface area contributed by atoms with E-state index in [0.717, 1.165) is 4.47 Å². The Kier molecular flexibility index (Phi) is 2.91. The van der Waals surface area contributed by atoms with Gasteiger partial charge in [-0.05, 0) is 30.5 Å². The van der Waals surface area contributed by atoms with E-state index in [-0.39, 0.29) is 0 Å². The maximum absolute atomic E-state index is 3.44. The molecule has 1 aliphatic heterocycles. The monoisotopic (exact) mass is 254 g/mol. The van der Waals surface area contributed by atoms with Crippen LogP contribution in [0.1, 0.15) is 25.5 Å². The van der Waals surface area contributed by atoms with Gasteiger partial charge < -0.3 is 0 Å². The molecule has 1 fully saturated rings. The van der Waals surface area contributed by atoms with E-state index in [1.165, 1.54) is 5.56 Å². The molecule has 0 aromatic heterocycles. The molecule has 0 spiro atoms. The quantitative estimate of drug-likeness (QED) is 0.806. The minimum Gasteiger partial charge on any atom is -0.254 e. The molecular weight excluding hydrogens is 240 g/mol. The molecule has 2 nitrogen and oxygen atoms in total. The largest absolute Gasteiger partial charge is 0.254 e. The zero-order chi connectivity index (χ0) is 10.1. The van der Waals surface area contributed by atoms with Gasteiger partial charge in [0.25, 0.3) is 0 Å². The summed E-state index contributed by atoms with van der Waals surface area (Å²) in [5.74, 6) is 0.621. The zero-order valence-corrected chi connectivity index (χ0v) is 10.0. The SMILES string of the molecule is CC1NNC(c2ccc(Br)cc2)C1C. The van der Waals surface area contributed by atoms with E-state index in [4.69, 9.17) is 0 Å². The lowest BCUT2D eigenvalue weighted by atomic mass is 9.92. The Bertz CT molecular complexity index is 310. The summed E-state index contributed by atoms with van der Waals surface area (Å²) in [4.78, 5) is 0. The van der Waals surface area contributed by atoms with E-state index in [9.17, 15) is 0 Å². The first-order chi connectivity index (χ1) is 6.68. The summed E-state index contributed by atoms with van der Waals surface area (Å²) >= 11 is 3.44. The van der Waals surface area contributed by atoms with Gasteiger partial charge in [-0.15, -0.1) is 0 Å². The molecule has 76 valence electrons. The second-order valence-electron chi connectivity index (χ2n) is 3.97. The Balaban J connectivity index is 2.19. The summed E-state index contributed by atoms with van der Waals surface area (Å²) in [5, 5.41) is 0.